The smallest absolute Gasteiger partial charge is 0.356 e. The molecule has 29 heavy (non-hydrogen) atoms. The van der Waals surface area contributed by atoms with Crippen molar-refractivity contribution in [2.75, 3.05) is 31.2 Å². The van der Waals surface area contributed by atoms with Crippen molar-refractivity contribution < 1.29 is 19.0 Å². The standard InChI is InChI=1S/C22H18FN3O3/c23-17-4-2-1-3-14(17)16-12-24-21(22(27)28)20-19(16)15-6-5-13(11-18(15)25-20)26-7-9-29-10-8-26/h1-6,11-12,25H,7-10H2,(H,27,28). The molecule has 5 rings (SSSR count). The molecule has 2 aromatic carbocycles. The number of pyridine rings is 1. The molecular formula is C22H18FN3O3. The minimum atomic E-state index is -1.13. The van der Waals surface area contributed by atoms with E-state index < -0.39 is 5.97 Å². The van der Waals surface area contributed by atoms with Gasteiger partial charge in [-0.25, -0.2) is 14.2 Å². The Kier molecular flexibility index (Phi) is 4.17. The molecule has 0 radical (unpaired) electrons. The first-order chi connectivity index (χ1) is 14.1. The molecule has 0 amide bonds. The molecule has 0 saturated carbocycles. The highest BCUT2D eigenvalue weighted by atomic mass is 19.1. The van der Waals surface area contributed by atoms with E-state index in [4.69, 9.17) is 4.74 Å². The van der Waals surface area contributed by atoms with E-state index in [1.807, 2.05) is 18.2 Å². The Balaban J connectivity index is 1.78. The lowest BCUT2D eigenvalue weighted by atomic mass is 10.00. The van der Waals surface area contributed by atoms with Crippen LogP contribution in [0.25, 0.3) is 32.9 Å². The zero-order chi connectivity index (χ0) is 20.0. The maximum atomic E-state index is 14.5. The first-order valence-corrected chi connectivity index (χ1v) is 9.39. The molecular weight excluding hydrogens is 373 g/mol. The number of ether oxygens (including phenoxy) is 1. The average molecular weight is 391 g/mol. The van der Waals surface area contributed by atoms with E-state index in [1.165, 1.54) is 12.3 Å². The van der Waals surface area contributed by atoms with Gasteiger partial charge < -0.3 is 19.7 Å². The number of nitrogens with one attached hydrogen (secondary N) is 1. The number of hydrogen-bond donors (Lipinski definition) is 2. The molecule has 0 atom stereocenters. The molecule has 1 aliphatic heterocycles. The summed E-state index contributed by atoms with van der Waals surface area (Å²) in [4.78, 5) is 21.3. The number of carboxylic acids is 1. The van der Waals surface area contributed by atoms with Crippen molar-refractivity contribution in [2.24, 2.45) is 0 Å². The topological polar surface area (TPSA) is 78.4 Å². The number of aromatic carboxylic acids is 1. The zero-order valence-electron chi connectivity index (χ0n) is 15.5. The molecule has 1 aliphatic rings. The molecule has 146 valence electrons. The van der Waals surface area contributed by atoms with Gasteiger partial charge in [-0.3, -0.25) is 0 Å². The van der Waals surface area contributed by atoms with Gasteiger partial charge in [0.2, 0.25) is 0 Å². The van der Waals surface area contributed by atoms with E-state index >= 15 is 0 Å². The quantitative estimate of drug-likeness (QED) is 0.551. The maximum Gasteiger partial charge on any atom is 0.356 e. The highest BCUT2D eigenvalue weighted by Gasteiger charge is 2.21. The molecule has 6 nitrogen and oxygen atoms in total. The van der Waals surface area contributed by atoms with E-state index in [2.05, 4.69) is 14.9 Å². The van der Waals surface area contributed by atoms with Crippen LogP contribution in [0.2, 0.25) is 0 Å². The Morgan fingerprint density at radius 3 is 2.69 bits per heavy atom. The van der Waals surface area contributed by atoms with Crippen LogP contribution in [-0.2, 0) is 4.74 Å². The second-order valence-electron chi connectivity index (χ2n) is 7.01. The summed E-state index contributed by atoms with van der Waals surface area (Å²) in [5, 5.41) is 11.1. The van der Waals surface area contributed by atoms with Gasteiger partial charge in [0, 0.05) is 52.4 Å². The van der Waals surface area contributed by atoms with E-state index in [9.17, 15) is 14.3 Å². The monoisotopic (exact) mass is 391 g/mol. The largest absolute Gasteiger partial charge is 0.476 e. The van der Waals surface area contributed by atoms with Crippen LogP contribution in [0, 0.1) is 5.82 Å². The van der Waals surface area contributed by atoms with Crippen LogP contribution in [0.1, 0.15) is 10.5 Å². The highest BCUT2D eigenvalue weighted by molar-refractivity contribution is 6.18. The number of rotatable bonds is 3. The molecule has 0 unspecified atom stereocenters. The average Bonchev–Trinajstić information content (AvgIpc) is 3.13. The fraction of sp³-hybridized carbons (Fsp3) is 0.182. The number of morpholine rings is 1. The maximum absolute atomic E-state index is 14.5. The Labute approximate surface area is 165 Å². The molecule has 0 bridgehead atoms. The minimum absolute atomic E-state index is 0.0794. The summed E-state index contributed by atoms with van der Waals surface area (Å²) < 4.78 is 19.9. The Morgan fingerprint density at radius 1 is 1.14 bits per heavy atom. The van der Waals surface area contributed by atoms with Crippen molar-refractivity contribution in [3.63, 3.8) is 0 Å². The van der Waals surface area contributed by atoms with Gasteiger partial charge in [0.15, 0.2) is 5.69 Å². The summed E-state index contributed by atoms with van der Waals surface area (Å²) in [5.41, 5.74) is 3.09. The normalized spacial score (nSPS) is 14.6. The first-order valence-electron chi connectivity index (χ1n) is 9.39. The van der Waals surface area contributed by atoms with Gasteiger partial charge in [0.05, 0.1) is 18.7 Å². The van der Waals surface area contributed by atoms with Gasteiger partial charge in [-0.15, -0.1) is 0 Å². The summed E-state index contributed by atoms with van der Waals surface area (Å²) in [6, 6.07) is 12.4. The third-order valence-corrected chi connectivity index (χ3v) is 5.35. The SMILES string of the molecule is O=C(O)c1ncc(-c2ccccc2F)c2c1[nH]c1cc(N3CCOCC3)ccc12. The number of carbonyl (C=O) groups is 1. The zero-order valence-corrected chi connectivity index (χ0v) is 15.5. The van der Waals surface area contributed by atoms with Crippen molar-refractivity contribution in [3.05, 3.63) is 60.2 Å². The summed E-state index contributed by atoms with van der Waals surface area (Å²) in [6.45, 7) is 2.95. The molecule has 7 heteroatoms. The fourth-order valence-electron chi connectivity index (χ4n) is 3.97. The molecule has 0 spiro atoms. The number of aromatic amines is 1. The molecule has 1 saturated heterocycles. The van der Waals surface area contributed by atoms with Crippen LogP contribution in [0.5, 0.6) is 0 Å². The third-order valence-electron chi connectivity index (χ3n) is 5.35. The summed E-state index contributed by atoms with van der Waals surface area (Å²) >= 11 is 0. The second kappa shape index (κ2) is 6.86. The third kappa shape index (κ3) is 2.91. The lowest BCUT2D eigenvalue weighted by Crippen LogP contribution is -2.36. The van der Waals surface area contributed by atoms with Crippen LogP contribution in [0.4, 0.5) is 10.1 Å². The number of benzene rings is 2. The van der Waals surface area contributed by atoms with Gasteiger partial charge in [0.25, 0.3) is 0 Å². The van der Waals surface area contributed by atoms with Crippen LogP contribution in [0.3, 0.4) is 0 Å². The van der Waals surface area contributed by atoms with Gasteiger partial charge in [-0.1, -0.05) is 24.3 Å². The van der Waals surface area contributed by atoms with Gasteiger partial charge >= 0.3 is 5.97 Å². The summed E-state index contributed by atoms with van der Waals surface area (Å²) in [6.07, 6.45) is 1.44. The van der Waals surface area contributed by atoms with Crippen molar-refractivity contribution in [3.8, 4) is 11.1 Å². The van der Waals surface area contributed by atoms with E-state index in [0.29, 0.717) is 35.2 Å². The summed E-state index contributed by atoms with van der Waals surface area (Å²) in [7, 11) is 0. The van der Waals surface area contributed by atoms with Crippen molar-refractivity contribution >= 4 is 33.5 Å². The number of anilines is 1. The first kappa shape index (κ1) is 17.6. The fourth-order valence-corrected chi connectivity index (χ4v) is 3.97. The van der Waals surface area contributed by atoms with Crippen LogP contribution in [-0.4, -0.2) is 47.3 Å². The van der Waals surface area contributed by atoms with Crippen molar-refractivity contribution in [1.82, 2.24) is 9.97 Å². The number of carboxylic acid groups (broad SMARTS) is 1. The van der Waals surface area contributed by atoms with E-state index in [-0.39, 0.29) is 11.5 Å². The number of hydrogen-bond acceptors (Lipinski definition) is 4. The van der Waals surface area contributed by atoms with Gasteiger partial charge in [-0.2, -0.15) is 0 Å². The second-order valence-corrected chi connectivity index (χ2v) is 7.01. The number of fused-ring (bicyclic) bond motifs is 3. The Morgan fingerprint density at radius 2 is 1.93 bits per heavy atom. The predicted octanol–water partition coefficient (Wildman–Crippen LogP) is 4.06. The van der Waals surface area contributed by atoms with Crippen LogP contribution >= 0.6 is 0 Å². The molecule has 4 aromatic rings. The van der Waals surface area contributed by atoms with Gasteiger partial charge in [-0.05, 0) is 18.2 Å². The highest BCUT2D eigenvalue weighted by Crippen LogP contribution is 2.37. The predicted molar refractivity (Wildman–Crippen MR) is 109 cm³/mol. The Hall–Kier alpha value is -3.45. The lowest BCUT2D eigenvalue weighted by Gasteiger charge is -2.28. The number of nitrogens with zero attached hydrogens (tertiary/aromatic N) is 2. The number of aromatic nitrogens is 2. The molecule has 0 aliphatic carbocycles. The minimum Gasteiger partial charge on any atom is -0.476 e. The van der Waals surface area contributed by atoms with Crippen LogP contribution < -0.4 is 4.90 Å². The van der Waals surface area contributed by atoms with Gasteiger partial charge in [0.1, 0.15) is 5.82 Å². The van der Waals surface area contributed by atoms with Crippen molar-refractivity contribution in [2.45, 2.75) is 0 Å². The number of halogens is 1. The molecule has 2 N–H and O–H groups in total. The molecule has 3 heterocycles. The summed E-state index contributed by atoms with van der Waals surface area (Å²) in [5.74, 6) is -1.51. The molecule has 1 fully saturated rings. The van der Waals surface area contributed by atoms with E-state index in [0.717, 1.165) is 29.7 Å². The Bertz CT molecular complexity index is 1250. The van der Waals surface area contributed by atoms with Crippen molar-refractivity contribution in [1.29, 1.82) is 0 Å². The van der Waals surface area contributed by atoms with E-state index in [1.54, 1.807) is 18.2 Å². The molecule has 2 aromatic heterocycles. The van der Waals surface area contributed by atoms with Crippen LogP contribution in [0.15, 0.2) is 48.7 Å². The lowest BCUT2D eigenvalue weighted by molar-refractivity contribution is 0.0692. The number of H-pyrrole nitrogens is 1.